The molecule has 4 rings (SSSR count). The van der Waals surface area contributed by atoms with Gasteiger partial charge in [-0.25, -0.2) is 18.3 Å². The number of aryl methyl sites for hydroxylation is 6. The van der Waals surface area contributed by atoms with Crippen molar-refractivity contribution in [3.05, 3.63) is 97.1 Å². The Kier molecular flexibility index (Phi) is 27.5. The van der Waals surface area contributed by atoms with Crippen LogP contribution in [0.1, 0.15) is 116 Å². The number of pyridine rings is 4. The van der Waals surface area contributed by atoms with Crippen molar-refractivity contribution in [3.63, 3.8) is 0 Å². The van der Waals surface area contributed by atoms with E-state index in [2.05, 4.69) is 222 Å². The molecule has 324 valence electrons. The number of unbranched alkanes of at least 4 members (excludes halogenated alkanes) is 8. The summed E-state index contributed by atoms with van der Waals surface area (Å²) >= 11 is 0. The Morgan fingerprint density at radius 1 is 0.345 bits per heavy atom. The lowest BCUT2D eigenvalue weighted by Gasteiger charge is -2.13. The molecule has 0 saturated heterocycles. The summed E-state index contributed by atoms with van der Waals surface area (Å²) in [6.07, 6.45) is 33.1. The third-order valence-electron chi connectivity index (χ3n) is 10.2. The van der Waals surface area contributed by atoms with Crippen LogP contribution < -0.4 is 37.9 Å². The maximum atomic E-state index is 2.30. The second-order valence-corrected chi connectivity index (χ2v) is 16.5. The normalized spacial score (nSPS) is 10.3. The van der Waals surface area contributed by atoms with Crippen LogP contribution in [0.4, 0.5) is 22.7 Å². The topological polar surface area (TPSA) is 28.5 Å². The molecule has 58 heavy (non-hydrogen) atoms. The van der Waals surface area contributed by atoms with Gasteiger partial charge < -0.3 is 19.6 Å². The summed E-state index contributed by atoms with van der Waals surface area (Å²) in [5, 5.41) is 0. The molecule has 0 aliphatic carbocycles. The standard InChI is InChI=1S/C14H25N2.C13H23N2.C12H21N2.C11H19N2/c1-5-6-7-8-10-16-11-9-14(15(3)4)13(2)12-16;1-4-5-6-7-10-15-11-8-13(9-12-15)14(2)3;1-5-6-8-14-9-7-12(13(3)4)11(2)10-14;1-4-5-8-13-9-6-11(7-10-13)12(2)3/h9,11-12H,5-8,10H2,1-4H3;8-9,11-12H,4-7,10H2,1-3H3;7,9-10H,5-6,8H2,1-4H3;6-7,9-10H,4-5,8H2,1-3H3/q4*+1. The second kappa shape index (κ2) is 30.8. The van der Waals surface area contributed by atoms with Crippen LogP contribution in [0.5, 0.6) is 0 Å². The molecule has 0 aromatic carbocycles. The molecule has 8 heteroatoms. The molecule has 0 N–H and O–H groups in total. The average molecular weight is 801 g/mol. The van der Waals surface area contributed by atoms with E-state index in [1.54, 1.807) is 0 Å². The van der Waals surface area contributed by atoms with Crippen LogP contribution in [0.25, 0.3) is 0 Å². The molecule has 4 aromatic rings. The molecule has 0 radical (unpaired) electrons. The third-order valence-corrected chi connectivity index (χ3v) is 10.2. The summed E-state index contributed by atoms with van der Waals surface area (Å²) in [6.45, 7) is 17.8. The van der Waals surface area contributed by atoms with Gasteiger partial charge in [-0.2, -0.15) is 0 Å². The zero-order valence-corrected chi connectivity index (χ0v) is 40.0. The highest BCUT2D eigenvalue weighted by atomic mass is 15.1. The van der Waals surface area contributed by atoms with E-state index in [9.17, 15) is 0 Å². The van der Waals surface area contributed by atoms with Crippen LogP contribution >= 0.6 is 0 Å². The molecule has 0 fully saturated rings. The quantitative estimate of drug-likeness (QED) is 0.0658. The summed E-state index contributed by atoms with van der Waals surface area (Å²) < 4.78 is 9.07. The first-order valence-electron chi connectivity index (χ1n) is 22.4. The number of hydrogen-bond donors (Lipinski definition) is 0. The predicted molar refractivity (Wildman–Crippen MR) is 251 cm³/mol. The van der Waals surface area contributed by atoms with Crippen molar-refractivity contribution in [1.29, 1.82) is 0 Å². The van der Waals surface area contributed by atoms with Gasteiger partial charge in [0, 0.05) is 141 Å². The van der Waals surface area contributed by atoms with Crippen molar-refractivity contribution in [2.75, 3.05) is 76.0 Å². The highest BCUT2D eigenvalue weighted by Gasteiger charge is 2.08. The maximum Gasteiger partial charge on any atom is 0.173 e. The molecule has 0 bridgehead atoms. The summed E-state index contributed by atoms with van der Waals surface area (Å²) in [6, 6.07) is 13.0. The summed E-state index contributed by atoms with van der Waals surface area (Å²) in [4.78, 5) is 8.56. The van der Waals surface area contributed by atoms with E-state index in [1.807, 2.05) is 0 Å². The summed E-state index contributed by atoms with van der Waals surface area (Å²) in [5.41, 5.74) is 7.83. The molecule has 0 saturated carbocycles. The summed E-state index contributed by atoms with van der Waals surface area (Å²) in [7, 11) is 16.6. The lowest BCUT2D eigenvalue weighted by Crippen LogP contribution is -2.33. The monoisotopic (exact) mass is 801 g/mol. The van der Waals surface area contributed by atoms with Gasteiger partial charge in [0.05, 0.1) is 11.4 Å². The van der Waals surface area contributed by atoms with Crippen LogP contribution in [-0.2, 0) is 26.2 Å². The smallest absolute Gasteiger partial charge is 0.173 e. The van der Waals surface area contributed by atoms with Gasteiger partial charge in [-0.05, 0) is 26.7 Å². The van der Waals surface area contributed by atoms with Crippen molar-refractivity contribution in [2.45, 2.75) is 145 Å². The van der Waals surface area contributed by atoms with E-state index in [1.165, 1.54) is 111 Å². The fraction of sp³-hybridized carbons (Fsp3) is 0.600. The molecule has 0 aliphatic heterocycles. The highest BCUT2D eigenvalue weighted by Crippen LogP contribution is 2.15. The number of rotatable bonds is 20. The van der Waals surface area contributed by atoms with Crippen molar-refractivity contribution in [1.82, 2.24) is 0 Å². The van der Waals surface area contributed by atoms with Gasteiger partial charge in [-0.1, -0.05) is 66.2 Å². The first-order chi connectivity index (χ1) is 27.8. The van der Waals surface area contributed by atoms with Crippen LogP contribution in [0.15, 0.2) is 86.0 Å². The van der Waals surface area contributed by atoms with Crippen LogP contribution in [0.2, 0.25) is 0 Å². The molecular formula is C50H88N8+4. The van der Waals surface area contributed by atoms with Crippen LogP contribution in [0, 0.1) is 13.8 Å². The maximum absolute atomic E-state index is 2.30. The van der Waals surface area contributed by atoms with Crippen molar-refractivity contribution >= 4 is 22.7 Å². The number of hydrogen-bond acceptors (Lipinski definition) is 4. The lowest BCUT2D eigenvalue weighted by atomic mass is 10.2. The third kappa shape index (κ3) is 22.1. The van der Waals surface area contributed by atoms with Gasteiger partial charge in [-0.15, -0.1) is 0 Å². The van der Waals surface area contributed by atoms with Gasteiger partial charge in [-0.3, -0.25) is 0 Å². The molecule has 0 aliphatic rings. The van der Waals surface area contributed by atoms with E-state index >= 15 is 0 Å². The minimum absolute atomic E-state index is 1.13. The van der Waals surface area contributed by atoms with E-state index in [0.717, 1.165) is 26.2 Å². The Hall–Kier alpha value is -4.20. The molecule has 0 unspecified atom stereocenters. The summed E-state index contributed by atoms with van der Waals surface area (Å²) in [5.74, 6) is 0. The number of nitrogens with zero attached hydrogens (tertiary/aromatic N) is 8. The molecule has 4 aromatic heterocycles. The zero-order valence-electron chi connectivity index (χ0n) is 40.0. The van der Waals surface area contributed by atoms with E-state index in [4.69, 9.17) is 0 Å². The Morgan fingerprint density at radius 3 is 0.931 bits per heavy atom. The fourth-order valence-electron chi connectivity index (χ4n) is 6.51. The Balaban J connectivity index is 0.000000388. The van der Waals surface area contributed by atoms with Gasteiger partial charge in [0.1, 0.15) is 26.2 Å². The lowest BCUT2D eigenvalue weighted by molar-refractivity contribution is -0.697. The van der Waals surface area contributed by atoms with Crippen molar-refractivity contribution in [3.8, 4) is 0 Å². The van der Waals surface area contributed by atoms with Gasteiger partial charge in [0.25, 0.3) is 0 Å². The first-order valence-corrected chi connectivity index (χ1v) is 22.4. The molecule has 0 spiro atoms. The van der Waals surface area contributed by atoms with Gasteiger partial charge in [0.15, 0.2) is 49.6 Å². The number of aromatic nitrogens is 4. The predicted octanol–water partition coefficient (Wildman–Crippen LogP) is 9.54. The second-order valence-electron chi connectivity index (χ2n) is 16.5. The van der Waals surface area contributed by atoms with E-state index in [0.29, 0.717) is 0 Å². The van der Waals surface area contributed by atoms with Gasteiger partial charge >= 0.3 is 0 Å². The van der Waals surface area contributed by atoms with E-state index < -0.39 is 0 Å². The fourth-order valence-corrected chi connectivity index (χ4v) is 6.51. The Morgan fingerprint density at radius 2 is 0.638 bits per heavy atom. The average Bonchev–Trinajstić information content (AvgIpc) is 3.20. The van der Waals surface area contributed by atoms with E-state index in [-0.39, 0.29) is 0 Å². The molecule has 4 heterocycles. The first kappa shape index (κ1) is 51.8. The molecule has 8 nitrogen and oxygen atoms in total. The van der Waals surface area contributed by atoms with Gasteiger partial charge in [0.2, 0.25) is 0 Å². The zero-order chi connectivity index (χ0) is 43.3. The molecular weight excluding hydrogens is 713 g/mol. The molecule has 0 atom stereocenters. The van der Waals surface area contributed by atoms with Crippen molar-refractivity contribution in [2.24, 2.45) is 0 Å². The SMILES string of the molecule is CCCCCC[n+]1ccc(N(C)C)c(C)c1.CCCCCC[n+]1ccc(N(C)C)cc1.CCCC[n+]1ccc(N(C)C)c(C)c1.CCCC[n+]1ccc(N(C)C)cc1. The minimum Gasteiger partial charge on any atom is -0.377 e. The molecule has 0 amide bonds. The van der Waals surface area contributed by atoms with Crippen LogP contribution in [-0.4, -0.2) is 56.4 Å². The van der Waals surface area contributed by atoms with Crippen LogP contribution in [0.3, 0.4) is 0 Å². The Bertz CT molecular complexity index is 1600. The Labute approximate surface area is 357 Å². The highest BCUT2D eigenvalue weighted by molar-refractivity contribution is 5.49. The minimum atomic E-state index is 1.13. The number of anilines is 4. The van der Waals surface area contributed by atoms with Crippen molar-refractivity contribution < 1.29 is 18.3 Å². The largest absolute Gasteiger partial charge is 0.377 e.